The Balaban J connectivity index is 1.40. The molecule has 1 saturated heterocycles. The Bertz CT molecular complexity index is 975. The van der Waals surface area contributed by atoms with Gasteiger partial charge in [-0.05, 0) is 63.1 Å². The molecule has 176 valence electrons. The van der Waals surface area contributed by atoms with Crippen LogP contribution in [0.4, 0.5) is 5.69 Å². The Labute approximate surface area is 196 Å². The Morgan fingerprint density at radius 2 is 1.76 bits per heavy atom. The summed E-state index contributed by atoms with van der Waals surface area (Å²) in [4.78, 5) is 28.1. The molecule has 6 nitrogen and oxygen atoms in total. The third kappa shape index (κ3) is 5.22. The largest absolute Gasteiger partial charge is 0.384 e. The first-order valence-corrected chi connectivity index (χ1v) is 12.0. The zero-order chi connectivity index (χ0) is 23.5. The lowest BCUT2D eigenvalue weighted by Crippen LogP contribution is -2.57. The molecule has 1 unspecified atom stereocenters. The van der Waals surface area contributed by atoms with E-state index in [0.29, 0.717) is 19.5 Å². The summed E-state index contributed by atoms with van der Waals surface area (Å²) >= 11 is 0. The molecule has 1 fully saturated rings. The maximum atomic E-state index is 13.5. The van der Waals surface area contributed by atoms with Gasteiger partial charge < -0.3 is 21.3 Å². The number of hydrogen-bond acceptors (Lipinski definition) is 4. The van der Waals surface area contributed by atoms with Crippen molar-refractivity contribution in [1.82, 2.24) is 10.2 Å². The summed E-state index contributed by atoms with van der Waals surface area (Å²) in [6, 6.07) is 18.2. The van der Waals surface area contributed by atoms with Crippen LogP contribution in [0.1, 0.15) is 50.7 Å². The van der Waals surface area contributed by atoms with Gasteiger partial charge in [-0.3, -0.25) is 9.59 Å². The first-order valence-electron chi connectivity index (χ1n) is 12.0. The van der Waals surface area contributed by atoms with E-state index < -0.39 is 11.6 Å². The number of nitrogens with one attached hydrogen (secondary N) is 2. The highest BCUT2D eigenvalue weighted by molar-refractivity contribution is 5.91. The minimum atomic E-state index is -1.02. The number of anilines is 1. The summed E-state index contributed by atoms with van der Waals surface area (Å²) in [5.74, 6) is -0.280. The van der Waals surface area contributed by atoms with E-state index in [4.69, 9.17) is 5.73 Å². The van der Waals surface area contributed by atoms with Crippen molar-refractivity contribution in [3.05, 3.63) is 65.7 Å². The Morgan fingerprint density at radius 1 is 1.09 bits per heavy atom. The van der Waals surface area contributed by atoms with E-state index in [1.807, 2.05) is 23.1 Å². The molecule has 0 saturated carbocycles. The quantitative estimate of drug-likeness (QED) is 0.607. The smallest absolute Gasteiger partial charge is 0.245 e. The van der Waals surface area contributed by atoms with E-state index >= 15 is 0 Å². The SMILES string of the molecule is CC(C)(N)C(=O)NC(CCCc1ccccc1)C(=O)N1CCC2(CC1)CNc1ccccc12. The zero-order valence-corrected chi connectivity index (χ0v) is 19.8. The van der Waals surface area contributed by atoms with Gasteiger partial charge in [0, 0.05) is 30.7 Å². The van der Waals surface area contributed by atoms with Crippen LogP contribution in [0.25, 0.3) is 0 Å². The van der Waals surface area contributed by atoms with Crippen LogP contribution in [-0.4, -0.2) is 47.9 Å². The summed E-state index contributed by atoms with van der Waals surface area (Å²) in [7, 11) is 0. The van der Waals surface area contributed by atoms with Crippen molar-refractivity contribution in [1.29, 1.82) is 0 Å². The van der Waals surface area contributed by atoms with Crippen molar-refractivity contribution in [2.24, 2.45) is 5.73 Å². The van der Waals surface area contributed by atoms with Gasteiger partial charge in [0.05, 0.1) is 5.54 Å². The van der Waals surface area contributed by atoms with Crippen LogP contribution < -0.4 is 16.4 Å². The topological polar surface area (TPSA) is 87.5 Å². The van der Waals surface area contributed by atoms with E-state index in [1.54, 1.807) is 13.8 Å². The van der Waals surface area contributed by atoms with Crippen LogP contribution in [-0.2, 0) is 21.4 Å². The van der Waals surface area contributed by atoms with Crippen molar-refractivity contribution in [3.63, 3.8) is 0 Å². The number of benzene rings is 2. The average molecular weight is 449 g/mol. The lowest BCUT2D eigenvalue weighted by molar-refractivity contribution is -0.139. The first kappa shape index (κ1) is 23.3. The van der Waals surface area contributed by atoms with Gasteiger partial charge >= 0.3 is 0 Å². The van der Waals surface area contributed by atoms with Crippen LogP contribution in [0.15, 0.2) is 54.6 Å². The molecular formula is C27H36N4O2. The molecule has 2 aromatic rings. The highest BCUT2D eigenvalue weighted by Crippen LogP contribution is 2.43. The molecule has 4 N–H and O–H groups in total. The molecule has 4 rings (SSSR count). The standard InChI is InChI=1S/C27H36N4O2/c1-26(2,28)25(33)30-23(14-8-11-20-9-4-3-5-10-20)24(32)31-17-15-27(16-18-31)19-29-22-13-7-6-12-21(22)27/h3-7,9-10,12-13,23,29H,8,11,14-19,28H2,1-2H3,(H,30,33). The van der Waals surface area contributed by atoms with Crippen LogP contribution >= 0.6 is 0 Å². The number of hydrogen-bond donors (Lipinski definition) is 3. The average Bonchev–Trinajstić information content (AvgIpc) is 3.16. The monoisotopic (exact) mass is 448 g/mol. The summed E-state index contributed by atoms with van der Waals surface area (Å²) in [5.41, 5.74) is 8.90. The van der Waals surface area contributed by atoms with Gasteiger partial charge in [0.1, 0.15) is 6.04 Å². The van der Waals surface area contributed by atoms with Gasteiger partial charge in [0.25, 0.3) is 0 Å². The molecule has 6 heteroatoms. The lowest BCUT2D eigenvalue weighted by Gasteiger charge is -2.40. The molecule has 0 radical (unpaired) electrons. The highest BCUT2D eigenvalue weighted by Gasteiger charge is 2.43. The number of rotatable bonds is 7. The van der Waals surface area contributed by atoms with Crippen molar-refractivity contribution in [2.75, 3.05) is 25.0 Å². The molecule has 0 bridgehead atoms. The molecule has 33 heavy (non-hydrogen) atoms. The fourth-order valence-electron chi connectivity index (χ4n) is 5.04. The van der Waals surface area contributed by atoms with Gasteiger partial charge in [-0.25, -0.2) is 0 Å². The molecule has 2 aromatic carbocycles. The molecule has 2 amide bonds. The van der Waals surface area contributed by atoms with Gasteiger partial charge in [0.2, 0.25) is 11.8 Å². The predicted octanol–water partition coefficient (Wildman–Crippen LogP) is 3.22. The fraction of sp³-hybridized carbons (Fsp3) is 0.481. The van der Waals surface area contributed by atoms with Crippen molar-refractivity contribution in [2.45, 2.75) is 62.9 Å². The number of carbonyl (C=O) groups excluding carboxylic acids is 2. The second-order valence-electron chi connectivity index (χ2n) is 10.1. The van der Waals surface area contributed by atoms with E-state index in [0.717, 1.165) is 32.2 Å². The summed E-state index contributed by atoms with van der Waals surface area (Å²) in [5, 5.41) is 6.49. The second-order valence-corrected chi connectivity index (χ2v) is 10.1. The van der Waals surface area contributed by atoms with Crippen LogP contribution in [0.3, 0.4) is 0 Å². The fourth-order valence-corrected chi connectivity index (χ4v) is 5.04. The zero-order valence-electron chi connectivity index (χ0n) is 19.8. The molecule has 2 heterocycles. The number of aryl methyl sites for hydroxylation is 1. The first-order chi connectivity index (χ1) is 15.8. The van der Waals surface area contributed by atoms with Crippen molar-refractivity contribution in [3.8, 4) is 0 Å². The van der Waals surface area contributed by atoms with Crippen molar-refractivity contribution >= 4 is 17.5 Å². The Morgan fingerprint density at radius 3 is 2.45 bits per heavy atom. The summed E-state index contributed by atoms with van der Waals surface area (Å²) in [6.07, 6.45) is 4.14. The molecule has 0 aliphatic carbocycles. The second kappa shape index (κ2) is 9.56. The molecule has 0 aromatic heterocycles. The van der Waals surface area contributed by atoms with Crippen LogP contribution in [0.2, 0.25) is 0 Å². The number of nitrogens with two attached hydrogens (primary N) is 1. The molecular weight excluding hydrogens is 412 g/mol. The van der Waals surface area contributed by atoms with Gasteiger partial charge in [-0.2, -0.15) is 0 Å². The number of para-hydroxylation sites is 1. The third-order valence-corrected chi connectivity index (χ3v) is 7.14. The minimum Gasteiger partial charge on any atom is -0.384 e. The number of piperidine rings is 1. The molecule has 2 aliphatic heterocycles. The number of amides is 2. The lowest BCUT2D eigenvalue weighted by atomic mass is 9.74. The highest BCUT2D eigenvalue weighted by atomic mass is 16.2. The molecule has 2 aliphatic rings. The Kier molecular flexibility index (Phi) is 6.75. The van der Waals surface area contributed by atoms with Crippen LogP contribution in [0, 0.1) is 0 Å². The van der Waals surface area contributed by atoms with E-state index in [1.165, 1.54) is 16.8 Å². The Hall–Kier alpha value is -2.86. The minimum absolute atomic E-state index is 0.00903. The van der Waals surface area contributed by atoms with Crippen molar-refractivity contribution < 1.29 is 9.59 Å². The third-order valence-electron chi connectivity index (χ3n) is 7.14. The normalized spacial score (nSPS) is 17.8. The summed E-state index contributed by atoms with van der Waals surface area (Å²) < 4.78 is 0. The maximum absolute atomic E-state index is 13.5. The number of fused-ring (bicyclic) bond motifs is 2. The van der Waals surface area contributed by atoms with E-state index in [9.17, 15) is 9.59 Å². The number of carbonyl (C=O) groups is 2. The van der Waals surface area contributed by atoms with Gasteiger partial charge in [-0.15, -0.1) is 0 Å². The van der Waals surface area contributed by atoms with Crippen LogP contribution in [0.5, 0.6) is 0 Å². The van der Waals surface area contributed by atoms with E-state index in [2.05, 4.69) is 47.0 Å². The van der Waals surface area contributed by atoms with Gasteiger partial charge in [0.15, 0.2) is 0 Å². The number of likely N-dealkylation sites (tertiary alicyclic amines) is 1. The maximum Gasteiger partial charge on any atom is 0.245 e. The predicted molar refractivity (Wildman–Crippen MR) is 132 cm³/mol. The summed E-state index contributed by atoms with van der Waals surface area (Å²) in [6.45, 7) is 5.66. The molecule has 1 atom stereocenters. The number of nitrogens with zero attached hydrogens (tertiary/aromatic N) is 1. The van der Waals surface area contributed by atoms with Gasteiger partial charge in [-0.1, -0.05) is 48.5 Å². The van der Waals surface area contributed by atoms with E-state index in [-0.39, 0.29) is 17.2 Å². The molecule has 1 spiro atoms.